The summed E-state index contributed by atoms with van der Waals surface area (Å²) in [6, 6.07) is 28.5. The Bertz CT molecular complexity index is 1650. The number of piperazine rings is 1. The van der Waals surface area contributed by atoms with Crippen LogP contribution in [0.5, 0.6) is 11.5 Å². The highest BCUT2D eigenvalue weighted by Crippen LogP contribution is 2.30. The lowest BCUT2D eigenvalue weighted by Gasteiger charge is -2.36. The molecule has 1 aromatic heterocycles. The molecule has 0 atom stereocenters. The number of hydrogen-bond donors (Lipinski definition) is 0. The standard InChI is InChI=1S/C33H30F4N4O2/c34-28-19-29-31(20-30(28)40-17-15-39(16-18-40)21-24-7-3-1-4-8-24)41(32(38-29)23-42-26-9-5-2-6-10-26)22-25-11-13-27(14-12-25)43-33(35,36)37/h1-14,19-20H,15-18,21-23H2. The van der Waals surface area contributed by atoms with Gasteiger partial charge in [0, 0.05) is 45.3 Å². The molecule has 0 aliphatic carbocycles. The Labute approximate surface area is 246 Å². The van der Waals surface area contributed by atoms with Gasteiger partial charge in [-0.2, -0.15) is 0 Å². The van der Waals surface area contributed by atoms with Gasteiger partial charge < -0.3 is 18.9 Å². The van der Waals surface area contributed by atoms with E-state index in [1.54, 1.807) is 12.1 Å². The van der Waals surface area contributed by atoms with E-state index in [2.05, 4.69) is 26.7 Å². The van der Waals surface area contributed by atoms with Crippen molar-refractivity contribution in [3.63, 3.8) is 0 Å². The summed E-state index contributed by atoms with van der Waals surface area (Å²) in [5.74, 6) is 0.585. The Hall–Kier alpha value is -4.57. The van der Waals surface area contributed by atoms with Crippen LogP contribution in [0.15, 0.2) is 97.1 Å². The number of benzene rings is 4. The van der Waals surface area contributed by atoms with E-state index in [-0.39, 0.29) is 18.2 Å². The fraction of sp³-hybridized carbons (Fsp3) is 0.242. The third-order valence-electron chi connectivity index (χ3n) is 7.47. The van der Waals surface area contributed by atoms with Crippen molar-refractivity contribution in [3.8, 4) is 11.5 Å². The minimum absolute atomic E-state index is 0.128. The number of alkyl halides is 3. The quantitative estimate of drug-likeness (QED) is 0.173. The van der Waals surface area contributed by atoms with Gasteiger partial charge in [-0.25, -0.2) is 9.37 Å². The van der Waals surface area contributed by atoms with E-state index in [4.69, 9.17) is 9.72 Å². The molecule has 0 radical (unpaired) electrons. The number of rotatable bonds is 9. The van der Waals surface area contributed by atoms with Gasteiger partial charge >= 0.3 is 6.36 Å². The maximum atomic E-state index is 15.5. The van der Waals surface area contributed by atoms with Gasteiger partial charge in [0.1, 0.15) is 29.7 Å². The highest BCUT2D eigenvalue weighted by molar-refractivity contribution is 5.81. The van der Waals surface area contributed by atoms with Crippen LogP contribution in [0.3, 0.4) is 0 Å². The average Bonchev–Trinajstić information content (AvgIpc) is 3.33. The lowest BCUT2D eigenvalue weighted by Crippen LogP contribution is -2.46. The zero-order chi connectivity index (χ0) is 29.8. The maximum Gasteiger partial charge on any atom is 0.573 e. The first-order valence-corrected chi connectivity index (χ1v) is 14.0. The van der Waals surface area contributed by atoms with Gasteiger partial charge in [0.2, 0.25) is 0 Å². The monoisotopic (exact) mass is 590 g/mol. The van der Waals surface area contributed by atoms with Crippen LogP contribution in [-0.2, 0) is 19.7 Å². The summed E-state index contributed by atoms with van der Waals surface area (Å²) in [5.41, 5.74) is 3.67. The molecule has 6 nitrogen and oxygen atoms in total. The predicted octanol–water partition coefficient (Wildman–Crippen LogP) is 7.02. The summed E-state index contributed by atoms with van der Waals surface area (Å²) in [4.78, 5) is 9.11. The van der Waals surface area contributed by atoms with Crippen LogP contribution in [0.25, 0.3) is 11.0 Å². The minimum Gasteiger partial charge on any atom is -0.486 e. The van der Waals surface area contributed by atoms with E-state index >= 15 is 4.39 Å². The normalized spacial score (nSPS) is 14.3. The van der Waals surface area contributed by atoms with Gasteiger partial charge in [-0.1, -0.05) is 60.7 Å². The van der Waals surface area contributed by atoms with Gasteiger partial charge in [0.15, 0.2) is 0 Å². The highest BCUT2D eigenvalue weighted by atomic mass is 19.4. The van der Waals surface area contributed by atoms with Crippen molar-refractivity contribution < 1.29 is 27.0 Å². The Morgan fingerprint density at radius 3 is 2.05 bits per heavy atom. The second kappa shape index (κ2) is 12.3. The van der Waals surface area contributed by atoms with Crippen molar-refractivity contribution in [3.05, 3.63) is 120 Å². The smallest absolute Gasteiger partial charge is 0.486 e. The lowest BCUT2D eigenvalue weighted by atomic mass is 10.1. The summed E-state index contributed by atoms with van der Waals surface area (Å²) in [5, 5.41) is 0. The molecule has 2 heterocycles. The summed E-state index contributed by atoms with van der Waals surface area (Å²) in [6.07, 6.45) is -4.77. The van der Waals surface area contributed by atoms with Crippen molar-refractivity contribution in [2.75, 3.05) is 31.1 Å². The van der Waals surface area contributed by atoms with Gasteiger partial charge in [0.05, 0.1) is 16.7 Å². The molecular weight excluding hydrogens is 560 g/mol. The topological polar surface area (TPSA) is 42.8 Å². The third-order valence-corrected chi connectivity index (χ3v) is 7.47. The number of hydrogen-bond acceptors (Lipinski definition) is 5. The van der Waals surface area contributed by atoms with E-state index in [1.807, 2.05) is 59.2 Å². The molecule has 43 heavy (non-hydrogen) atoms. The molecule has 10 heteroatoms. The molecule has 1 aliphatic heterocycles. The number of aromatic nitrogens is 2. The molecule has 6 rings (SSSR count). The Balaban J connectivity index is 1.26. The zero-order valence-corrected chi connectivity index (χ0v) is 23.3. The van der Waals surface area contributed by atoms with Crippen LogP contribution in [-0.4, -0.2) is 47.0 Å². The van der Waals surface area contributed by atoms with Crippen LogP contribution < -0.4 is 14.4 Å². The first-order chi connectivity index (χ1) is 20.8. The molecule has 0 bridgehead atoms. The number of ether oxygens (including phenoxy) is 2. The van der Waals surface area contributed by atoms with E-state index in [1.165, 1.54) is 23.8 Å². The molecule has 0 saturated carbocycles. The Kier molecular flexibility index (Phi) is 8.20. The van der Waals surface area contributed by atoms with Crippen LogP contribution >= 0.6 is 0 Å². The van der Waals surface area contributed by atoms with Crippen molar-refractivity contribution >= 4 is 16.7 Å². The largest absolute Gasteiger partial charge is 0.573 e. The second-order valence-corrected chi connectivity index (χ2v) is 10.4. The number of para-hydroxylation sites is 1. The van der Waals surface area contributed by atoms with E-state index in [0.717, 1.165) is 25.2 Å². The fourth-order valence-electron chi connectivity index (χ4n) is 5.35. The molecule has 1 saturated heterocycles. The zero-order valence-electron chi connectivity index (χ0n) is 23.3. The van der Waals surface area contributed by atoms with Gasteiger partial charge in [-0.3, -0.25) is 4.90 Å². The van der Waals surface area contributed by atoms with Crippen molar-refractivity contribution in [1.82, 2.24) is 14.5 Å². The number of fused-ring (bicyclic) bond motifs is 1. The van der Waals surface area contributed by atoms with Crippen molar-refractivity contribution in [1.29, 1.82) is 0 Å². The summed E-state index contributed by atoms with van der Waals surface area (Å²) in [7, 11) is 0. The van der Waals surface area contributed by atoms with E-state index in [0.29, 0.717) is 47.9 Å². The molecule has 0 unspecified atom stereocenters. The average molecular weight is 591 g/mol. The van der Waals surface area contributed by atoms with E-state index < -0.39 is 6.36 Å². The highest BCUT2D eigenvalue weighted by Gasteiger charge is 2.31. The molecule has 0 spiro atoms. The molecule has 1 aliphatic rings. The molecule has 5 aromatic rings. The fourth-order valence-corrected chi connectivity index (χ4v) is 5.35. The molecule has 4 aromatic carbocycles. The molecular formula is C33H30F4N4O2. The van der Waals surface area contributed by atoms with Crippen LogP contribution in [0, 0.1) is 5.82 Å². The molecule has 0 amide bonds. The first kappa shape index (κ1) is 28.5. The van der Waals surface area contributed by atoms with Crippen LogP contribution in [0.2, 0.25) is 0 Å². The molecule has 222 valence electrons. The van der Waals surface area contributed by atoms with Gasteiger partial charge in [-0.15, -0.1) is 13.2 Å². The predicted molar refractivity (Wildman–Crippen MR) is 157 cm³/mol. The SMILES string of the molecule is Fc1cc2nc(COc3ccccc3)n(Cc3ccc(OC(F)(F)F)cc3)c2cc1N1CCN(Cc2ccccc2)CC1. The van der Waals surface area contributed by atoms with Gasteiger partial charge in [0.25, 0.3) is 0 Å². The first-order valence-electron chi connectivity index (χ1n) is 14.0. The lowest BCUT2D eigenvalue weighted by molar-refractivity contribution is -0.274. The molecule has 1 fully saturated rings. The molecule has 0 N–H and O–H groups in total. The minimum atomic E-state index is -4.77. The summed E-state index contributed by atoms with van der Waals surface area (Å²) >= 11 is 0. The van der Waals surface area contributed by atoms with E-state index in [9.17, 15) is 13.2 Å². The van der Waals surface area contributed by atoms with Crippen molar-refractivity contribution in [2.24, 2.45) is 0 Å². The second-order valence-electron chi connectivity index (χ2n) is 10.4. The Morgan fingerprint density at radius 1 is 0.721 bits per heavy atom. The summed E-state index contributed by atoms with van der Waals surface area (Å²) in [6.45, 7) is 4.22. The number of anilines is 1. The van der Waals surface area contributed by atoms with Gasteiger partial charge in [-0.05, 0) is 41.5 Å². The number of halogens is 4. The van der Waals surface area contributed by atoms with Crippen molar-refractivity contribution in [2.45, 2.75) is 26.1 Å². The van der Waals surface area contributed by atoms with Crippen LogP contribution in [0.4, 0.5) is 23.2 Å². The third kappa shape index (κ3) is 7.09. The summed E-state index contributed by atoms with van der Waals surface area (Å²) < 4.78 is 65.4. The van der Waals surface area contributed by atoms with Crippen LogP contribution in [0.1, 0.15) is 17.0 Å². The number of nitrogens with zero attached hydrogens (tertiary/aromatic N) is 4. The number of imidazole rings is 1. The Morgan fingerprint density at radius 2 is 1.37 bits per heavy atom. The maximum absolute atomic E-state index is 15.5.